The molecule has 1 amide bonds. The van der Waals surface area contributed by atoms with Gasteiger partial charge in [0.25, 0.3) is 5.91 Å². The predicted octanol–water partition coefficient (Wildman–Crippen LogP) is 2.83. The van der Waals surface area contributed by atoms with Gasteiger partial charge in [-0.3, -0.25) is 4.79 Å². The van der Waals surface area contributed by atoms with Crippen LogP contribution in [-0.2, 0) is 9.53 Å². The van der Waals surface area contributed by atoms with Crippen molar-refractivity contribution in [3.05, 3.63) is 66.2 Å². The number of rotatable bonds is 3. The minimum Gasteiger partial charge on any atom is -0.479 e. The number of aromatic nitrogens is 1. The Morgan fingerprint density at radius 3 is 2.59 bits per heavy atom. The standard InChI is InChI=1S/C21H18N2O4/c24-20(23-10-11-27-19(13-23)21(25)26)16-12-18(14-6-2-1-3-7-14)22-17-9-5-4-8-15(16)17/h1-9,12,19H,10-11,13H2,(H,25,26). The molecule has 0 saturated carbocycles. The van der Waals surface area contributed by atoms with Crippen molar-refractivity contribution in [2.75, 3.05) is 19.7 Å². The Hall–Kier alpha value is -3.25. The summed E-state index contributed by atoms with van der Waals surface area (Å²) in [5.74, 6) is -1.27. The summed E-state index contributed by atoms with van der Waals surface area (Å²) in [7, 11) is 0. The number of ether oxygens (including phenoxy) is 1. The first-order chi connectivity index (χ1) is 13.1. The molecule has 3 aromatic rings. The van der Waals surface area contributed by atoms with E-state index in [1.54, 1.807) is 11.0 Å². The lowest BCUT2D eigenvalue weighted by Crippen LogP contribution is -2.48. The highest BCUT2D eigenvalue weighted by atomic mass is 16.5. The van der Waals surface area contributed by atoms with E-state index in [-0.39, 0.29) is 19.1 Å². The van der Waals surface area contributed by atoms with E-state index in [0.29, 0.717) is 17.8 Å². The molecule has 1 unspecified atom stereocenters. The molecule has 1 N–H and O–H groups in total. The molecule has 1 atom stereocenters. The van der Waals surface area contributed by atoms with Gasteiger partial charge in [-0.1, -0.05) is 48.5 Å². The summed E-state index contributed by atoms with van der Waals surface area (Å²) in [6.45, 7) is 0.600. The summed E-state index contributed by atoms with van der Waals surface area (Å²) in [5.41, 5.74) is 2.87. The van der Waals surface area contributed by atoms with Crippen LogP contribution in [0.1, 0.15) is 10.4 Å². The Kier molecular flexibility index (Phi) is 4.56. The quantitative estimate of drug-likeness (QED) is 0.775. The third-order valence-corrected chi connectivity index (χ3v) is 4.65. The molecule has 4 rings (SSSR count). The van der Waals surface area contributed by atoms with Gasteiger partial charge in [0, 0.05) is 17.5 Å². The van der Waals surface area contributed by atoms with E-state index in [4.69, 9.17) is 4.74 Å². The van der Waals surface area contributed by atoms with E-state index in [2.05, 4.69) is 4.98 Å². The number of aliphatic carboxylic acids is 1. The first-order valence-electron chi connectivity index (χ1n) is 8.72. The van der Waals surface area contributed by atoms with Gasteiger partial charge in [0.1, 0.15) is 0 Å². The third kappa shape index (κ3) is 3.39. The van der Waals surface area contributed by atoms with Crippen LogP contribution in [0.5, 0.6) is 0 Å². The van der Waals surface area contributed by atoms with Crippen LogP contribution < -0.4 is 0 Å². The number of carbonyl (C=O) groups excluding carboxylic acids is 1. The van der Waals surface area contributed by atoms with Gasteiger partial charge in [-0.15, -0.1) is 0 Å². The fraction of sp³-hybridized carbons (Fsp3) is 0.190. The second kappa shape index (κ2) is 7.17. The second-order valence-corrected chi connectivity index (χ2v) is 6.39. The maximum atomic E-state index is 13.2. The minimum atomic E-state index is -1.06. The van der Waals surface area contributed by atoms with Crippen molar-refractivity contribution >= 4 is 22.8 Å². The molecule has 6 heteroatoms. The van der Waals surface area contributed by atoms with Crippen LogP contribution in [0.4, 0.5) is 0 Å². The van der Waals surface area contributed by atoms with Crippen LogP contribution in [0, 0.1) is 0 Å². The summed E-state index contributed by atoms with van der Waals surface area (Å²) in [4.78, 5) is 30.7. The van der Waals surface area contributed by atoms with Crippen molar-refractivity contribution in [3.8, 4) is 11.3 Å². The molecule has 1 saturated heterocycles. The number of carboxylic acid groups (broad SMARTS) is 1. The number of morpholine rings is 1. The maximum Gasteiger partial charge on any atom is 0.334 e. The number of benzene rings is 2. The Bertz CT molecular complexity index is 1000. The van der Waals surface area contributed by atoms with Gasteiger partial charge in [0.15, 0.2) is 6.10 Å². The predicted molar refractivity (Wildman–Crippen MR) is 100 cm³/mol. The minimum absolute atomic E-state index is 0.0332. The van der Waals surface area contributed by atoms with Crippen molar-refractivity contribution in [1.29, 1.82) is 0 Å². The molecule has 0 aliphatic carbocycles. The van der Waals surface area contributed by atoms with Gasteiger partial charge < -0.3 is 14.7 Å². The van der Waals surface area contributed by atoms with Crippen molar-refractivity contribution in [2.24, 2.45) is 0 Å². The van der Waals surface area contributed by atoms with Gasteiger partial charge in [0.2, 0.25) is 0 Å². The molecule has 27 heavy (non-hydrogen) atoms. The smallest absolute Gasteiger partial charge is 0.334 e. The largest absolute Gasteiger partial charge is 0.479 e. The van der Waals surface area contributed by atoms with E-state index in [1.165, 1.54) is 0 Å². The van der Waals surface area contributed by atoms with Crippen LogP contribution in [0.2, 0.25) is 0 Å². The summed E-state index contributed by atoms with van der Waals surface area (Å²) in [6.07, 6.45) is -0.996. The molecule has 0 radical (unpaired) electrons. The van der Waals surface area contributed by atoms with Crippen molar-refractivity contribution in [2.45, 2.75) is 6.10 Å². The van der Waals surface area contributed by atoms with Crippen LogP contribution in [-0.4, -0.2) is 52.7 Å². The summed E-state index contributed by atoms with van der Waals surface area (Å²) in [5, 5.41) is 9.95. The lowest BCUT2D eigenvalue weighted by molar-refractivity contribution is -0.154. The monoisotopic (exact) mass is 362 g/mol. The molecule has 1 aliphatic heterocycles. The fourth-order valence-corrected chi connectivity index (χ4v) is 3.26. The van der Waals surface area contributed by atoms with E-state index < -0.39 is 12.1 Å². The van der Waals surface area contributed by atoms with Gasteiger partial charge in [-0.2, -0.15) is 0 Å². The zero-order valence-corrected chi connectivity index (χ0v) is 14.5. The first kappa shape index (κ1) is 17.2. The van der Waals surface area contributed by atoms with Crippen LogP contribution in [0.25, 0.3) is 22.2 Å². The lowest BCUT2D eigenvalue weighted by Gasteiger charge is -2.31. The van der Waals surface area contributed by atoms with Crippen LogP contribution in [0.15, 0.2) is 60.7 Å². The van der Waals surface area contributed by atoms with Crippen LogP contribution in [0.3, 0.4) is 0 Å². The molecule has 0 spiro atoms. The number of hydrogen-bond acceptors (Lipinski definition) is 4. The zero-order valence-electron chi connectivity index (χ0n) is 14.5. The van der Waals surface area contributed by atoms with E-state index in [0.717, 1.165) is 16.5 Å². The lowest BCUT2D eigenvalue weighted by atomic mass is 10.0. The second-order valence-electron chi connectivity index (χ2n) is 6.39. The number of nitrogens with zero attached hydrogens (tertiary/aromatic N) is 2. The van der Waals surface area contributed by atoms with E-state index in [1.807, 2.05) is 54.6 Å². The SMILES string of the molecule is O=C(O)C1CN(C(=O)c2cc(-c3ccccc3)nc3ccccc23)CCO1. The first-order valence-corrected chi connectivity index (χ1v) is 8.72. The van der Waals surface area contributed by atoms with Crippen molar-refractivity contribution < 1.29 is 19.4 Å². The highest BCUT2D eigenvalue weighted by Crippen LogP contribution is 2.26. The van der Waals surface area contributed by atoms with Crippen molar-refractivity contribution in [3.63, 3.8) is 0 Å². The Morgan fingerprint density at radius 2 is 1.81 bits per heavy atom. The molecule has 2 heterocycles. The Morgan fingerprint density at radius 1 is 1.07 bits per heavy atom. The van der Waals surface area contributed by atoms with Gasteiger partial charge in [-0.05, 0) is 12.1 Å². The molecule has 6 nitrogen and oxygen atoms in total. The average molecular weight is 362 g/mol. The van der Waals surface area contributed by atoms with Gasteiger partial charge in [0.05, 0.1) is 29.9 Å². The molecule has 1 aromatic heterocycles. The highest BCUT2D eigenvalue weighted by Gasteiger charge is 2.30. The topological polar surface area (TPSA) is 79.7 Å². The number of carbonyl (C=O) groups is 2. The highest BCUT2D eigenvalue weighted by molar-refractivity contribution is 6.07. The summed E-state index contributed by atoms with van der Waals surface area (Å²) in [6, 6.07) is 18.9. The molecule has 136 valence electrons. The molecule has 0 bridgehead atoms. The molecule has 1 fully saturated rings. The Labute approximate surface area is 156 Å². The summed E-state index contributed by atoms with van der Waals surface area (Å²) >= 11 is 0. The van der Waals surface area contributed by atoms with E-state index in [9.17, 15) is 14.7 Å². The normalized spacial score (nSPS) is 17.0. The van der Waals surface area contributed by atoms with Crippen molar-refractivity contribution in [1.82, 2.24) is 9.88 Å². The Balaban J connectivity index is 1.78. The maximum absolute atomic E-state index is 13.2. The number of amides is 1. The number of carboxylic acids is 1. The molecule has 1 aliphatic rings. The molecule has 2 aromatic carbocycles. The summed E-state index contributed by atoms with van der Waals surface area (Å²) < 4.78 is 5.23. The number of pyridine rings is 1. The third-order valence-electron chi connectivity index (χ3n) is 4.65. The number of fused-ring (bicyclic) bond motifs is 1. The number of hydrogen-bond donors (Lipinski definition) is 1. The fourth-order valence-electron chi connectivity index (χ4n) is 3.26. The molecular weight excluding hydrogens is 344 g/mol. The van der Waals surface area contributed by atoms with Gasteiger partial charge in [-0.25, -0.2) is 9.78 Å². The number of para-hydroxylation sites is 1. The van der Waals surface area contributed by atoms with Crippen LogP contribution >= 0.6 is 0 Å². The zero-order chi connectivity index (χ0) is 18.8. The average Bonchev–Trinajstić information content (AvgIpc) is 2.73. The molecular formula is C21H18N2O4. The van der Waals surface area contributed by atoms with E-state index >= 15 is 0 Å². The van der Waals surface area contributed by atoms with Gasteiger partial charge >= 0.3 is 5.97 Å².